The monoisotopic (exact) mass is 486 g/mol. The molecule has 0 radical (unpaired) electrons. The summed E-state index contributed by atoms with van der Waals surface area (Å²) in [6.07, 6.45) is -0.745. The molecule has 0 saturated heterocycles. The molecule has 7 nitrogen and oxygen atoms in total. The predicted octanol–water partition coefficient (Wildman–Crippen LogP) is 5.08. The summed E-state index contributed by atoms with van der Waals surface area (Å²) in [4.78, 5) is 26.3. The van der Waals surface area contributed by atoms with E-state index in [1.165, 1.54) is 0 Å². The summed E-state index contributed by atoms with van der Waals surface area (Å²) in [6.45, 7) is 5.75. The fraction of sp³-hybridized carbons (Fsp3) is 0.241. The van der Waals surface area contributed by atoms with E-state index >= 15 is 0 Å². The van der Waals surface area contributed by atoms with E-state index < -0.39 is 22.6 Å². The summed E-state index contributed by atoms with van der Waals surface area (Å²) in [5.41, 5.74) is 1.36. The van der Waals surface area contributed by atoms with Gasteiger partial charge < -0.3 is 24.8 Å². The van der Waals surface area contributed by atoms with E-state index in [0.717, 1.165) is 22.7 Å². The first-order chi connectivity index (χ1) is 17.2. The van der Waals surface area contributed by atoms with Crippen LogP contribution >= 0.6 is 0 Å². The number of aliphatic hydroxyl groups excluding tert-OH is 1. The SMILES string of the molecule is COc1ccc(N(CC(O)c2ccccc2)c2cccc(Nc3c(OC(C)(C)C)c(=O)c3=O)c2)cc1. The molecule has 4 aromatic carbocycles. The number of benzene rings is 3. The van der Waals surface area contributed by atoms with Gasteiger partial charge >= 0.3 is 0 Å². The predicted molar refractivity (Wildman–Crippen MR) is 143 cm³/mol. The Morgan fingerprint density at radius 3 is 2.22 bits per heavy atom. The van der Waals surface area contributed by atoms with Crippen molar-refractivity contribution in [1.82, 2.24) is 0 Å². The molecular weight excluding hydrogens is 456 g/mol. The number of methoxy groups -OCH3 is 1. The molecule has 2 N–H and O–H groups in total. The van der Waals surface area contributed by atoms with Crippen LogP contribution in [0.1, 0.15) is 32.4 Å². The van der Waals surface area contributed by atoms with Crippen molar-refractivity contribution >= 4 is 22.7 Å². The first-order valence-electron chi connectivity index (χ1n) is 11.7. The fourth-order valence-electron chi connectivity index (χ4n) is 3.86. The highest BCUT2D eigenvalue weighted by atomic mass is 16.5. The summed E-state index contributed by atoms with van der Waals surface area (Å²) < 4.78 is 11.0. The van der Waals surface area contributed by atoms with Gasteiger partial charge in [-0.2, -0.15) is 0 Å². The Bertz CT molecular complexity index is 1380. The van der Waals surface area contributed by atoms with Gasteiger partial charge in [0, 0.05) is 17.1 Å². The number of anilines is 4. The smallest absolute Gasteiger partial charge is 0.272 e. The maximum atomic E-state index is 12.3. The van der Waals surface area contributed by atoms with Crippen LogP contribution in [-0.4, -0.2) is 24.4 Å². The first kappa shape index (κ1) is 25.0. The largest absolute Gasteiger partial charge is 0.497 e. The molecule has 0 spiro atoms. The number of hydrogen-bond acceptors (Lipinski definition) is 7. The van der Waals surface area contributed by atoms with Gasteiger partial charge in [-0.3, -0.25) is 9.59 Å². The molecule has 1 atom stereocenters. The third-order valence-corrected chi connectivity index (χ3v) is 5.63. The Hall–Kier alpha value is -4.10. The highest BCUT2D eigenvalue weighted by molar-refractivity contribution is 5.74. The standard InChI is InChI=1S/C29H30N2O5/c1-29(2,3)36-28-25(26(33)27(28)34)30-20-11-8-12-22(17-20)31(21-13-15-23(35-4)16-14-21)18-24(32)19-9-6-5-7-10-19/h5-17,24,30,32H,18H2,1-4H3. The van der Waals surface area contributed by atoms with Crippen LogP contribution in [-0.2, 0) is 0 Å². The molecule has 7 heteroatoms. The van der Waals surface area contributed by atoms with Crippen molar-refractivity contribution < 1.29 is 14.6 Å². The van der Waals surface area contributed by atoms with E-state index in [9.17, 15) is 14.7 Å². The molecule has 186 valence electrons. The van der Waals surface area contributed by atoms with Gasteiger partial charge in [0.15, 0.2) is 5.75 Å². The first-order valence-corrected chi connectivity index (χ1v) is 11.7. The average molecular weight is 487 g/mol. The summed E-state index contributed by atoms with van der Waals surface area (Å²) in [5, 5.41) is 14.1. The molecule has 0 aliphatic carbocycles. The Morgan fingerprint density at radius 1 is 0.889 bits per heavy atom. The zero-order valence-corrected chi connectivity index (χ0v) is 20.8. The van der Waals surface area contributed by atoms with Crippen LogP contribution < -0.4 is 30.5 Å². The second-order valence-corrected chi connectivity index (χ2v) is 9.49. The van der Waals surface area contributed by atoms with E-state index in [1.54, 1.807) is 13.2 Å². The number of hydrogen-bond donors (Lipinski definition) is 2. The molecule has 1 unspecified atom stereocenters. The highest BCUT2D eigenvalue weighted by Crippen LogP contribution is 2.33. The van der Waals surface area contributed by atoms with Crippen LogP contribution in [0.2, 0.25) is 0 Å². The van der Waals surface area contributed by atoms with Gasteiger partial charge in [-0.25, -0.2) is 0 Å². The maximum absolute atomic E-state index is 12.3. The number of nitrogens with zero attached hydrogens (tertiary/aromatic N) is 1. The lowest BCUT2D eigenvalue weighted by molar-refractivity contribution is 0.128. The van der Waals surface area contributed by atoms with Crippen LogP contribution in [0.3, 0.4) is 0 Å². The van der Waals surface area contributed by atoms with Crippen LogP contribution in [0.5, 0.6) is 11.5 Å². The van der Waals surface area contributed by atoms with Gasteiger partial charge in [-0.1, -0.05) is 36.4 Å². The zero-order valence-electron chi connectivity index (χ0n) is 20.8. The van der Waals surface area contributed by atoms with E-state index in [4.69, 9.17) is 9.47 Å². The molecule has 0 aromatic heterocycles. The van der Waals surface area contributed by atoms with Crippen LogP contribution in [0.4, 0.5) is 22.7 Å². The molecule has 0 amide bonds. The van der Waals surface area contributed by atoms with Crippen LogP contribution in [0.15, 0.2) is 88.5 Å². The average Bonchev–Trinajstić information content (AvgIpc) is 2.89. The minimum absolute atomic E-state index is 0.0458. The second-order valence-electron chi connectivity index (χ2n) is 9.49. The van der Waals surface area contributed by atoms with Gasteiger partial charge in [0.1, 0.15) is 17.0 Å². The molecule has 4 aromatic rings. The third kappa shape index (κ3) is 5.58. The van der Waals surface area contributed by atoms with E-state index in [-0.39, 0.29) is 18.0 Å². The second kappa shape index (κ2) is 10.3. The Kier molecular flexibility index (Phi) is 7.12. The molecule has 0 aliphatic heterocycles. The molecule has 4 rings (SSSR count). The molecule has 0 saturated carbocycles. The van der Waals surface area contributed by atoms with Crippen molar-refractivity contribution in [2.75, 3.05) is 23.9 Å². The lowest BCUT2D eigenvalue weighted by Crippen LogP contribution is -2.39. The fourth-order valence-corrected chi connectivity index (χ4v) is 3.86. The van der Waals surface area contributed by atoms with Gasteiger partial charge in [0.2, 0.25) is 0 Å². The minimum Gasteiger partial charge on any atom is -0.497 e. The lowest BCUT2D eigenvalue weighted by Gasteiger charge is -2.28. The van der Waals surface area contributed by atoms with Gasteiger partial charge in [-0.15, -0.1) is 0 Å². The van der Waals surface area contributed by atoms with Crippen molar-refractivity contribution in [3.05, 3.63) is 105 Å². The van der Waals surface area contributed by atoms with Crippen molar-refractivity contribution in [2.45, 2.75) is 32.5 Å². The quantitative estimate of drug-likeness (QED) is 0.319. The van der Waals surface area contributed by atoms with Crippen molar-refractivity contribution in [3.8, 4) is 11.5 Å². The third-order valence-electron chi connectivity index (χ3n) is 5.63. The van der Waals surface area contributed by atoms with Gasteiger partial charge in [0.05, 0.1) is 19.8 Å². The zero-order chi connectivity index (χ0) is 25.9. The van der Waals surface area contributed by atoms with Gasteiger partial charge in [-0.05, 0) is 68.8 Å². The van der Waals surface area contributed by atoms with Crippen molar-refractivity contribution in [1.29, 1.82) is 0 Å². The Morgan fingerprint density at radius 2 is 1.58 bits per heavy atom. The van der Waals surface area contributed by atoms with E-state index in [1.807, 2.05) is 98.5 Å². The number of ether oxygens (including phenoxy) is 2. The topological polar surface area (TPSA) is 88.1 Å². The summed E-state index contributed by atoms with van der Waals surface area (Å²) in [5.74, 6) is 0.772. The maximum Gasteiger partial charge on any atom is 0.272 e. The van der Waals surface area contributed by atoms with Crippen molar-refractivity contribution in [3.63, 3.8) is 0 Å². The van der Waals surface area contributed by atoms with Crippen LogP contribution in [0, 0.1) is 0 Å². The number of nitrogens with one attached hydrogen (secondary N) is 1. The number of aliphatic hydroxyl groups is 1. The Balaban J connectivity index is 1.66. The summed E-state index contributed by atoms with van der Waals surface area (Å²) in [6, 6.07) is 24.5. The molecule has 36 heavy (non-hydrogen) atoms. The van der Waals surface area contributed by atoms with Crippen LogP contribution in [0.25, 0.3) is 0 Å². The minimum atomic E-state index is -0.745. The van der Waals surface area contributed by atoms with E-state index in [0.29, 0.717) is 5.69 Å². The van der Waals surface area contributed by atoms with Crippen molar-refractivity contribution in [2.24, 2.45) is 0 Å². The van der Waals surface area contributed by atoms with Gasteiger partial charge in [0.25, 0.3) is 10.9 Å². The molecule has 0 fully saturated rings. The molecule has 0 bridgehead atoms. The molecule has 0 aliphatic rings. The number of rotatable bonds is 9. The molecule has 0 heterocycles. The lowest BCUT2D eigenvalue weighted by atomic mass is 10.1. The summed E-state index contributed by atoms with van der Waals surface area (Å²) in [7, 11) is 1.61. The summed E-state index contributed by atoms with van der Waals surface area (Å²) >= 11 is 0. The normalized spacial score (nSPS) is 12.2. The Labute approximate surface area is 210 Å². The molecular formula is C29H30N2O5. The van der Waals surface area contributed by atoms with E-state index in [2.05, 4.69) is 5.32 Å². The highest BCUT2D eigenvalue weighted by Gasteiger charge is 2.27.